The number of fused-ring (bicyclic) bond motifs is 1. The SMILES string of the molecule is CS(=O)(=O)CC[C@H](NC(=O)CN(Cc1cccc2ccccc12)C[C@@H]1CCCN1C(=O)CN)C(=O)O.O=C(O)C(F)(F)F. The number of nitrogens with zero attached hydrogens (tertiary/aromatic N) is 2. The van der Waals surface area contributed by atoms with E-state index in [4.69, 9.17) is 15.6 Å². The Hall–Kier alpha value is -3.76. The number of likely N-dealkylation sites (tertiary alicyclic amines) is 1. The molecule has 2 aromatic rings. The van der Waals surface area contributed by atoms with Gasteiger partial charge in [0.15, 0.2) is 0 Å². The minimum absolute atomic E-state index is 0.0824. The van der Waals surface area contributed by atoms with Crippen LogP contribution in [0.3, 0.4) is 0 Å². The van der Waals surface area contributed by atoms with Crippen molar-refractivity contribution < 1.29 is 51.0 Å². The zero-order chi connectivity index (χ0) is 32.4. The van der Waals surface area contributed by atoms with Crippen LogP contribution in [0.25, 0.3) is 10.8 Å². The topological polar surface area (TPSA) is 187 Å². The molecule has 0 aromatic heterocycles. The molecule has 1 aliphatic heterocycles. The van der Waals surface area contributed by atoms with Crippen molar-refractivity contribution in [1.82, 2.24) is 15.1 Å². The fourth-order valence-corrected chi connectivity index (χ4v) is 5.32. The molecule has 238 valence electrons. The summed E-state index contributed by atoms with van der Waals surface area (Å²) in [6.07, 6.45) is -2.65. The van der Waals surface area contributed by atoms with Gasteiger partial charge in [-0.3, -0.25) is 14.5 Å². The Morgan fingerprint density at radius 3 is 2.33 bits per heavy atom. The number of hydrogen-bond donors (Lipinski definition) is 4. The van der Waals surface area contributed by atoms with Gasteiger partial charge in [0.1, 0.15) is 15.9 Å². The quantitative estimate of drug-likeness (QED) is 0.265. The number of benzene rings is 2. The van der Waals surface area contributed by atoms with E-state index in [1.165, 1.54) is 0 Å². The molecule has 1 fully saturated rings. The van der Waals surface area contributed by atoms with E-state index in [-0.39, 0.29) is 37.2 Å². The molecule has 0 bridgehead atoms. The van der Waals surface area contributed by atoms with Crippen molar-refractivity contribution in [2.75, 3.05) is 38.2 Å². The van der Waals surface area contributed by atoms with Gasteiger partial charge < -0.3 is 26.2 Å². The molecular formula is C27H35F3N4O8S. The first-order chi connectivity index (χ1) is 20.0. The van der Waals surface area contributed by atoms with Gasteiger partial charge in [-0.2, -0.15) is 13.2 Å². The Kier molecular flexibility index (Phi) is 12.9. The molecule has 2 amide bonds. The summed E-state index contributed by atoms with van der Waals surface area (Å²) in [5.74, 6) is -5.05. The van der Waals surface area contributed by atoms with Gasteiger partial charge in [0.25, 0.3) is 0 Å². The third kappa shape index (κ3) is 11.8. The predicted octanol–water partition coefficient (Wildman–Crippen LogP) is 1.23. The number of carboxylic acids is 2. The molecule has 3 rings (SSSR count). The molecule has 1 saturated heterocycles. The number of carbonyl (C=O) groups is 4. The van der Waals surface area contributed by atoms with Gasteiger partial charge in [-0.05, 0) is 35.6 Å². The molecule has 0 aliphatic carbocycles. The lowest BCUT2D eigenvalue weighted by Crippen LogP contribution is -2.49. The molecule has 0 spiro atoms. The third-order valence-corrected chi connectivity index (χ3v) is 7.61. The highest BCUT2D eigenvalue weighted by Gasteiger charge is 2.38. The average molecular weight is 633 g/mol. The van der Waals surface area contributed by atoms with Crippen LogP contribution in [0.2, 0.25) is 0 Å². The molecule has 0 saturated carbocycles. The number of carbonyl (C=O) groups excluding carboxylic acids is 2. The Balaban J connectivity index is 0.000000821. The van der Waals surface area contributed by atoms with E-state index in [0.29, 0.717) is 19.6 Å². The number of nitrogens with one attached hydrogen (secondary N) is 1. The van der Waals surface area contributed by atoms with Crippen LogP contribution in [0, 0.1) is 0 Å². The van der Waals surface area contributed by atoms with Crippen LogP contribution in [-0.2, 0) is 35.6 Å². The Morgan fingerprint density at radius 2 is 1.74 bits per heavy atom. The first kappa shape index (κ1) is 35.4. The minimum atomic E-state index is -5.08. The normalized spacial score (nSPS) is 16.0. The molecule has 1 heterocycles. The molecule has 16 heteroatoms. The molecule has 0 unspecified atom stereocenters. The van der Waals surface area contributed by atoms with Crippen molar-refractivity contribution in [3.63, 3.8) is 0 Å². The number of carboxylic acid groups (broad SMARTS) is 2. The van der Waals surface area contributed by atoms with Gasteiger partial charge >= 0.3 is 18.1 Å². The zero-order valence-electron chi connectivity index (χ0n) is 23.4. The maximum absolute atomic E-state index is 12.9. The predicted molar refractivity (Wildman–Crippen MR) is 151 cm³/mol. The van der Waals surface area contributed by atoms with Crippen molar-refractivity contribution >= 4 is 44.4 Å². The van der Waals surface area contributed by atoms with Crippen molar-refractivity contribution in [1.29, 1.82) is 0 Å². The molecule has 43 heavy (non-hydrogen) atoms. The second-order valence-electron chi connectivity index (χ2n) is 10.1. The van der Waals surface area contributed by atoms with E-state index < -0.39 is 39.9 Å². The van der Waals surface area contributed by atoms with E-state index in [1.807, 2.05) is 47.4 Å². The Bertz CT molecular complexity index is 1400. The fraction of sp³-hybridized carbons (Fsp3) is 0.481. The zero-order valence-corrected chi connectivity index (χ0v) is 24.2. The molecule has 12 nitrogen and oxygen atoms in total. The van der Waals surface area contributed by atoms with Gasteiger partial charge in [-0.1, -0.05) is 42.5 Å². The maximum Gasteiger partial charge on any atom is 0.490 e. The van der Waals surface area contributed by atoms with Crippen LogP contribution in [0.5, 0.6) is 0 Å². The van der Waals surface area contributed by atoms with E-state index in [0.717, 1.165) is 35.4 Å². The molecule has 0 radical (unpaired) electrons. The average Bonchev–Trinajstić information content (AvgIpc) is 3.38. The number of sulfone groups is 1. The smallest absolute Gasteiger partial charge is 0.480 e. The summed E-state index contributed by atoms with van der Waals surface area (Å²) in [6.45, 7) is 1.26. The van der Waals surface area contributed by atoms with Crippen molar-refractivity contribution in [2.24, 2.45) is 5.73 Å². The molecule has 1 aliphatic rings. The lowest BCUT2D eigenvalue weighted by atomic mass is 10.0. The van der Waals surface area contributed by atoms with Crippen LogP contribution in [0.1, 0.15) is 24.8 Å². The van der Waals surface area contributed by atoms with Gasteiger partial charge in [0.2, 0.25) is 11.8 Å². The number of halogens is 3. The summed E-state index contributed by atoms with van der Waals surface area (Å²) in [6, 6.07) is 12.4. The second kappa shape index (κ2) is 15.6. The van der Waals surface area contributed by atoms with E-state index >= 15 is 0 Å². The third-order valence-electron chi connectivity index (χ3n) is 6.64. The summed E-state index contributed by atoms with van der Waals surface area (Å²) in [4.78, 5) is 49.4. The minimum Gasteiger partial charge on any atom is -0.480 e. The van der Waals surface area contributed by atoms with Crippen LogP contribution < -0.4 is 11.1 Å². The van der Waals surface area contributed by atoms with Crippen molar-refractivity contribution in [3.05, 3.63) is 48.0 Å². The van der Waals surface area contributed by atoms with Crippen LogP contribution in [0.15, 0.2) is 42.5 Å². The van der Waals surface area contributed by atoms with Crippen molar-refractivity contribution in [2.45, 2.75) is 44.1 Å². The number of hydrogen-bond acceptors (Lipinski definition) is 8. The van der Waals surface area contributed by atoms with Crippen LogP contribution in [-0.4, -0.2) is 109 Å². The Morgan fingerprint density at radius 1 is 1.12 bits per heavy atom. The molecule has 2 aromatic carbocycles. The second-order valence-corrected chi connectivity index (χ2v) is 12.3. The van der Waals surface area contributed by atoms with Gasteiger partial charge in [-0.15, -0.1) is 0 Å². The van der Waals surface area contributed by atoms with Gasteiger partial charge in [0, 0.05) is 31.9 Å². The van der Waals surface area contributed by atoms with Gasteiger partial charge in [-0.25, -0.2) is 18.0 Å². The summed E-state index contributed by atoms with van der Waals surface area (Å²) in [5, 5.41) is 21.2. The van der Waals surface area contributed by atoms with E-state index in [2.05, 4.69) is 5.32 Å². The number of nitrogens with two attached hydrogens (primary N) is 1. The number of alkyl halides is 3. The maximum atomic E-state index is 12.9. The highest BCUT2D eigenvalue weighted by Crippen LogP contribution is 2.23. The Labute approximate surface area is 246 Å². The fourth-order valence-electron chi connectivity index (χ4n) is 4.66. The standard InChI is InChI=1S/C25H34N4O6S.C2HF3O2/c1-36(34,35)13-11-22(25(32)33)27-23(30)17-28(16-20-9-5-12-29(20)24(31)14-26)15-19-8-4-7-18-6-2-3-10-21(18)19;3-2(4,5)1(6)7/h2-4,6-8,10,20,22H,5,9,11-17,26H2,1H3,(H,27,30)(H,32,33);(H,6,7)/t20-,22-;/m0./s1. The lowest BCUT2D eigenvalue weighted by molar-refractivity contribution is -0.192. The first-order valence-corrected chi connectivity index (χ1v) is 15.3. The molecule has 5 N–H and O–H groups in total. The van der Waals surface area contributed by atoms with E-state index in [9.17, 15) is 41.1 Å². The molecular weight excluding hydrogens is 597 g/mol. The monoisotopic (exact) mass is 632 g/mol. The van der Waals surface area contributed by atoms with Gasteiger partial charge in [0.05, 0.1) is 18.8 Å². The molecule has 2 atom stereocenters. The highest BCUT2D eigenvalue weighted by atomic mass is 32.2. The van der Waals surface area contributed by atoms with Crippen molar-refractivity contribution in [3.8, 4) is 0 Å². The highest BCUT2D eigenvalue weighted by molar-refractivity contribution is 7.90. The number of rotatable bonds is 12. The first-order valence-electron chi connectivity index (χ1n) is 13.2. The van der Waals surface area contributed by atoms with E-state index in [1.54, 1.807) is 4.90 Å². The summed E-state index contributed by atoms with van der Waals surface area (Å²) < 4.78 is 54.7. The summed E-state index contributed by atoms with van der Waals surface area (Å²) >= 11 is 0. The van der Waals surface area contributed by atoms with Crippen LogP contribution in [0.4, 0.5) is 13.2 Å². The largest absolute Gasteiger partial charge is 0.490 e. The summed E-state index contributed by atoms with van der Waals surface area (Å²) in [7, 11) is -3.38. The lowest BCUT2D eigenvalue weighted by Gasteiger charge is -2.31. The number of amides is 2. The number of aliphatic carboxylic acids is 2. The summed E-state index contributed by atoms with van der Waals surface area (Å²) in [5.41, 5.74) is 6.59. The van der Waals surface area contributed by atoms with Crippen LogP contribution >= 0.6 is 0 Å².